The van der Waals surface area contributed by atoms with Crippen molar-refractivity contribution in [1.82, 2.24) is 5.32 Å². The summed E-state index contributed by atoms with van der Waals surface area (Å²) in [7, 11) is 0. The number of alkyl halides is 3. The van der Waals surface area contributed by atoms with Gasteiger partial charge in [-0.1, -0.05) is 0 Å². The van der Waals surface area contributed by atoms with Crippen LogP contribution in [0.4, 0.5) is 18.9 Å². The minimum absolute atomic E-state index is 0.0849. The Labute approximate surface area is 150 Å². The number of ether oxygens (including phenoxy) is 1. The van der Waals surface area contributed by atoms with E-state index in [0.717, 1.165) is 17.7 Å². The molecular weight excluding hydrogens is 373 g/mol. The fourth-order valence-corrected chi connectivity index (χ4v) is 2.67. The highest BCUT2D eigenvalue weighted by Crippen LogP contribution is 2.24. The predicted molar refractivity (Wildman–Crippen MR) is 88.7 cm³/mol. The summed E-state index contributed by atoms with van der Waals surface area (Å²) in [5.41, 5.74) is 0.868. The number of rotatable bonds is 6. The topological polar surface area (TPSA) is 87.7 Å². The number of aliphatic hydroxyl groups excluding tert-OH is 1. The Bertz CT molecular complexity index is 733. The van der Waals surface area contributed by atoms with Gasteiger partial charge in [0, 0.05) is 12.2 Å². The average Bonchev–Trinajstić information content (AvgIpc) is 3.09. The van der Waals surface area contributed by atoms with Crippen LogP contribution >= 0.6 is 11.3 Å². The van der Waals surface area contributed by atoms with Gasteiger partial charge in [-0.2, -0.15) is 11.3 Å². The number of anilines is 1. The molecule has 2 rings (SSSR count). The smallest absolute Gasteiger partial charge is 0.406 e. The van der Waals surface area contributed by atoms with Crippen LogP contribution in [0.5, 0.6) is 5.75 Å². The van der Waals surface area contributed by atoms with Gasteiger partial charge in [-0.3, -0.25) is 9.59 Å². The normalized spacial score (nSPS) is 12.3. The van der Waals surface area contributed by atoms with Gasteiger partial charge < -0.3 is 20.5 Å². The predicted octanol–water partition coefficient (Wildman–Crippen LogP) is 2.83. The van der Waals surface area contributed by atoms with E-state index in [9.17, 15) is 27.9 Å². The van der Waals surface area contributed by atoms with Gasteiger partial charge in [-0.05, 0) is 53.1 Å². The molecule has 26 heavy (non-hydrogen) atoms. The molecule has 6 nitrogen and oxygen atoms in total. The largest absolute Gasteiger partial charge is 0.573 e. The summed E-state index contributed by atoms with van der Waals surface area (Å²) in [5, 5.41) is 18.1. The number of halogens is 3. The molecule has 1 heterocycles. The lowest BCUT2D eigenvalue weighted by Gasteiger charge is -2.11. The number of thiophene rings is 1. The summed E-state index contributed by atoms with van der Waals surface area (Å²) in [4.78, 5) is 23.4. The van der Waals surface area contributed by atoms with E-state index in [2.05, 4.69) is 15.4 Å². The Balaban J connectivity index is 1.77. The molecule has 1 aromatic heterocycles. The highest BCUT2D eigenvalue weighted by atomic mass is 32.1. The Morgan fingerprint density at radius 3 is 2.42 bits per heavy atom. The Morgan fingerprint density at radius 2 is 1.85 bits per heavy atom. The van der Waals surface area contributed by atoms with Crippen LogP contribution in [-0.2, 0) is 9.59 Å². The molecule has 1 aromatic carbocycles. The lowest BCUT2D eigenvalue weighted by Crippen LogP contribution is -2.36. The molecule has 0 aliphatic heterocycles. The van der Waals surface area contributed by atoms with Crippen molar-refractivity contribution < 1.29 is 32.6 Å². The van der Waals surface area contributed by atoms with Crippen LogP contribution in [0.25, 0.3) is 0 Å². The third-order valence-corrected chi connectivity index (χ3v) is 3.88. The van der Waals surface area contributed by atoms with E-state index >= 15 is 0 Å². The first kappa shape index (κ1) is 19.7. The van der Waals surface area contributed by atoms with Crippen LogP contribution in [0, 0.1) is 0 Å². The highest BCUT2D eigenvalue weighted by Gasteiger charge is 2.31. The number of hydrogen-bond donors (Lipinski definition) is 3. The molecule has 0 unspecified atom stereocenters. The number of aliphatic hydroxyl groups is 1. The van der Waals surface area contributed by atoms with Crippen LogP contribution in [0.3, 0.4) is 0 Å². The van der Waals surface area contributed by atoms with Gasteiger partial charge in [0.25, 0.3) is 0 Å². The molecule has 140 valence electrons. The molecule has 3 N–H and O–H groups in total. The maximum atomic E-state index is 12.1. The number of benzene rings is 1. The molecule has 0 spiro atoms. The van der Waals surface area contributed by atoms with Crippen LogP contribution in [-0.4, -0.2) is 29.8 Å². The standard InChI is InChI=1S/C16H15F3N2O4S/c17-16(18,19)25-12-3-1-11(2-4-12)21-15(24)14(23)20-7-5-13(22)10-6-8-26-9-10/h1-4,6,8-9,13,22H,5,7H2,(H,20,23)(H,21,24)/t13-/m0/s1. The first-order valence-electron chi connectivity index (χ1n) is 7.40. The molecule has 2 amide bonds. The molecule has 2 aromatic rings. The second kappa shape index (κ2) is 8.68. The SMILES string of the molecule is O=C(NCC[C@H](O)c1ccsc1)C(=O)Nc1ccc(OC(F)(F)F)cc1. The number of hydrogen-bond acceptors (Lipinski definition) is 5. The fraction of sp³-hybridized carbons (Fsp3) is 0.250. The van der Waals surface area contributed by atoms with Crippen molar-refractivity contribution >= 4 is 28.8 Å². The maximum Gasteiger partial charge on any atom is 0.573 e. The summed E-state index contributed by atoms with van der Waals surface area (Å²) in [5.74, 6) is -2.33. The molecule has 0 aliphatic carbocycles. The summed E-state index contributed by atoms with van der Waals surface area (Å²) >= 11 is 1.43. The van der Waals surface area contributed by atoms with Crippen LogP contribution in [0.2, 0.25) is 0 Å². The Kier molecular flexibility index (Phi) is 6.58. The van der Waals surface area contributed by atoms with Crippen LogP contribution in [0.15, 0.2) is 41.1 Å². The van der Waals surface area contributed by atoms with Gasteiger partial charge in [0.2, 0.25) is 0 Å². The third kappa shape index (κ3) is 6.37. The summed E-state index contributed by atoms with van der Waals surface area (Å²) in [6.07, 6.45) is -5.32. The molecule has 1 atom stereocenters. The molecule has 10 heteroatoms. The molecule has 0 radical (unpaired) electrons. The minimum Gasteiger partial charge on any atom is -0.406 e. The van der Waals surface area contributed by atoms with Crippen LogP contribution < -0.4 is 15.4 Å². The van der Waals surface area contributed by atoms with E-state index in [1.807, 2.05) is 5.38 Å². The lowest BCUT2D eigenvalue weighted by atomic mass is 10.1. The molecule has 0 bridgehead atoms. The molecule has 0 aliphatic rings. The number of carbonyl (C=O) groups is 2. The summed E-state index contributed by atoms with van der Waals surface area (Å²) < 4.78 is 39.9. The van der Waals surface area contributed by atoms with E-state index in [1.54, 1.807) is 11.4 Å². The molecule has 0 saturated carbocycles. The second-order valence-corrected chi connectivity index (χ2v) is 5.92. The highest BCUT2D eigenvalue weighted by molar-refractivity contribution is 7.07. The van der Waals surface area contributed by atoms with Gasteiger partial charge >= 0.3 is 18.2 Å². The van der Waals surface area contributed by atoms with Crippen molar-refractivity contribution in [3.8, 4) is 5.75 Å². The van der Waals surface area contributed by atoms with Gasteiger partial charge in [-0.25, -0.2) is 0 Å². The van der Waals surface area contributed by atoms with Gasteiger partial charge in [0.15, 0.2) is 0 Å². The van der Waals surface area contributed by atoms with Crippen LogP contribution in [0.1, 0.15) is 18.1 Å². The van der Waals surface area contributed by atoms with Gasteiger partial charge in [0.05, 0.1) is 6.10 Å². The number of nitrogens with one attached hydrogen (secondary N) is 2. The van der Waals surface area contributed by atoms with E-state index in [-0.39, 0.29) is 18.7 Å². The summed E-state index contributed by atoms with van der Waals surface area (Å²) in [6.45, 7) is 0.0849. The van der Waals surface area contributed by atoms with Crippen molar-refractivity contribution in [1.29, 1.82) is 0 Å². The zero-order valence-electron chi connectivity index (χ0n) is 13.2. The van der Waals surface area contributed by atoms with Crippen molar-refractivity contribution in [3.05, 3.63) is 46.7 Å². The quantitative estimate of drug-likeness (QED) is 0.664. The number of carbonyl (C=O) groups excluding carboxylic acids is 2. The average molecular weight is 388 g/mol. The Hall–Kier alpha value is -2.59. The van der Waals surface area contributed by atoms with E-state index in [1.165, 1.54) is 23.5 Å². The first-order chi connectivity index (χ1) is 12.2. The zero-order chi connectivity index (χ0) is 19.2. The Morgan fingerprint density at radius 1 is 1.15 bits per heavy atom. The van der Waals surface area contributed by atoms with Crippen molar-refractivity contribution in [2.24, 2.45) is 0 Å². The minimum atomic E-state index is -4.81. The number of amides is 2. The summed E-state index contributed by atoms with van der Waals surface area (Å²) in [6, 6.07) is 6.13. The lowest BCUT2D eigenvalue weighted by molar-refractivity contribution is -0.274. The van der Waals surface area contributed by atoms with Gasteiger partial charge in [-0.15, -0.1) is 13.2 Å². The van der Waals surface area contributed by atoms with Gasteiger partial charge in [0.1, 0.15) is 5.75 Å². The fourth-order valence-electron chi connectivity index (χ4n) is 1.96. The zero-order valence-corrected chi connectivity index (χ0v) is 14.1. The van der Waals surface area contributed by atoms with E-state index in [4.69, 9.17) is 0 Å². The van der Waals surface area contributed by atoms with E-state index < -0.39 is 30.0 Å². The maximum absolute atomic E-state index is 12.1. The monoisotopic (exact) mass is 388 g/mol. The van der Waals surface area contributed by atoms with Crippen molar-refractivity contribution in [2.75, 3.05) is 11.9 Å². The molecular formula is C16H15F3N2O4S. The third-order valence-electron chi connectivity index (χ3n) is 3.18. The first-order valence-corrected chi connectivity index (χ1v) is 8.34. The van der Waals surface area contributed by atoms with E-state index in [0.29, 0.717) is 0 Å². The second-order valence-electron chi connectivity index (χ2n) is 5.14. The molecule has 0 fully saturated rings. The molecule has 0 saturated heterocycles. The van der Waals surface area contributed by atoms with Crippen molar-refractivity contribution in [2.45, 2.75) is 18.9 Å². The van der Waals surface area contributed by atoms with Crippen molar-refractivity contribution in [3.63, 3.8) is 0 Å².